The number of alkyl halides is 3. The van der Waals surface area contributed by atoms with Crippen LogP contribution in [0, 0.1) is 0 Å². The molecule has 0 saturated heterocycles. The highest BCUT2D eigenvalue weighted by Gasteiger charge is 2.30. The first-order valence-corrected chi connectivity index (χ1v) is 5.77. The third kappa shape index (κ3) is 3.18. The number of hydrogen-bond donors (Lipinski definition) is 1. The maximum absolute atomic E-state index is 12.5. The zero-order valence-electron chi connectivity index (χ0n) is 10.0. The van der Waals surface area contributed by atoms with E-state index < -0.39 is 11.7 Å². The molecule has 0 aliphatic carbocycles. The quantitative estimate of drug-likeness (QED) is 0.873. The summed E-state index contributed by atoms with van der Waals surface area (Å²) >= 11 is 0. The van der Waals surface area contributed by atoms with Crippen LogP contribution in [0.15, 0.2) is 36.5 Å². The molecule has 0 radical (unpaired) electrons. The van der Waals surface area contributed by atoms with Crippen molar-refractivity contribution in [1.29, 1.82) is 0 Å². The average molecular weight is 256 g/mol. The van der Waals surface area contributed by atoms with Crippen LogP contribution in [0.25, 0.3) is 0 Å². The average Bonchev–Trinajstić information content (AvgIpc) is 2.31. The van der Waals surface area contributed by atoms with Gasteiger partial charge < -0.3 is 10.2 Å². The molecule has 18 heavy (non-hydrogen) atoms. The van der Waals surface area contributed by atoms with Gasteiger partial charge in [0.05, 0.1) is 5.56 Å². The zero-order valence-corrected chi connectivity index (χ0v) is 10.0. The number of nitrogens with zero attached hydrogens (tertiary/aromatic N) is 1. The van der Waals surface area contributed by atoms with Crippen LogP contribution in [0.1, 0.15) is 12.0 Å². The van der Waals surface area contributed by atoms with E-state index in [0.717, 1.165) is 25.1 Å². The van der Waals surface area contributed by atoms with Crippen molar-refractivity contribution in [3.63, 3.8) is 0 Å². The Bertz CT molecular complexity index is 440. The van der Waals surface area contributed by atoms with Crippen LogP contribution in [0.5, 0.6) is 0 Å². The van der Waals surface area contributed by atoms with Crippen molar-refractivity contribution in [2.75, 3.05) is 18.9 Å². The number of nitrogens with one attached hydrogen (secondary N) is 1. The molecule has 98 valence electrons. The molecule has 1 unspecified atom stereocenters. The van der Waals surface area contributed by atoms with Gasteiger partial charge >= 0.3 is 6.18 Å². The van der Waals surface area contributed by atoms with E-state index in [0.29, 0.717) is 5.69 Å². The molecule has 0 spiro atoms. The van der Waals surface area contributed by atoms with E-state index >= 15 is 0 Å². The molecule has 1 aromatic carbocycles. The number of hydrogen-bond acceptors (Lipinski definition) is 2. The minimum absolute atomic E-state index is 0.0877. The molecule has 0 fully saturated rings. The molecule has 0 aromatic heterocycles. The third-order valence-electron chi connectivity index (χ3n) is 2.91. The summed E-state index contributed by atoms with van der Waals surface area (Å²) in [6.07, 6.45) is 0.488. The second-order valence-corrected chi connectivity index (χ2v) is 4.44. The van der Waals surface area contributed by atoms with E-state index in [1.165, 1.54) is 6.07 Å². The lowest BCUT2D eigenvalue weighted by atomic mass is 10.1. The molecule has 0 amide bonds. The van der Waals surface area contributed by atoms with E-state index in [4.69, 9.17) is 0 Å². The van der Waals surface area contributed by atoms with Crippen molar-refractivity contribution < 1.29 is 13.2 Å². The van der Waals surface area contributed by atoms with Crippen LogP contribution in [-0.2, 0) is 6.18 Å². The molecular weight excluding hydrogens is 241 g/mol. The number of rotatable bonds is 2. The highest BCUT2D eigenvalue weighted by Crippen LogP contribution is 2.30. The van der Waals surface area contributed by atoms with Gasteiger partial charge in [0.15, 0.2) is 0 Å². The fraction of sp³-hybridized carbons (Fsp3) is 0.385. The summed E-state index contributed by atoms with van der Waals surface area (Å²) < 4.78 is 37.6. The molecule has 5 heteroatoms. The molecule has 1 aliphatic rings. The lowest BCUT2D eigenvalue weighted by Crippen LogP contribution is -2.28. The lowest BCUT2D eigenvalue weighted by Gasteiger charge is -2.25. The summed E-state index contributed by atoms with van der Waals surface area (Å²) in [4.78, 5) is 2.05. The summed E-state index contributed by atoms with van der Waals surface area (Å²) in [6.45, 7) is 0.896. The van der Waals surface area contributed by atoms with Crippen LogP contribution in [-0.4, -0.2) is 24.5 Å². The largest absolute Gasteiger partial charge is 0.416 e. The van der Waals surface area contributed by atoms with E-state index in [2.05, 4.69) is 5.32 Å². The Kier molecular flexibility index (Phi) is 3.50. The summed E-state index contributed by atoms with van der Waals surface area (Å²) in [7, 11) is 1.97. The molecule has 2 nitrogen and oxygen atoms in total. The fourth-order valence-corrected chi connectivity index (χ4v) is 1.88. The highest BCUT2D eigenvalue weighted by molar-refractivity contribution is 5.48. The fourth-order valence-electron chi connectivity index (χ4n) is 1.88. The van der Waals surface area contributed by atoms with E-state index in [-0.39, 0.29) is 6.04 Å². The number of anilines is 1. The number of benzene rings is 1. The summed E-state index contributed by atoms with van der Waals surface area (Å²) in [5.41, 5.74) is -0.117. The first-order chi connectivity index (χ1) is 8.45. The maximum Gasteiger partial charge on any atom is 0.416 e. The zero-order chi connectivity index (χ0) is 13.2. The Morgan fingerprint density at radius 2 is 2.11 bits per heavy atom. The van der Waals surface area contributed by atoms with Crippen LogP contribution in [0.4, 0.5) is 18.9 Å². The van der Waals surface area contributed by atoms with E-state index in [1.54, 1.807) is 6.07 Å². The molecule has 1 heterocycles. The Morgan fingerprint density at radius 1 is 1.33 bits per heavy atom. The van der Waals surface area contributed by atoms with Crippen LogP contribution < -0.4 is 5.32 Å². The van der Waals surface area contributed by atoms with Crippen LogP contribution in [0.3, 0.4) is 0 Å². The Balaban J connectivity index is 2.08. The van der Waals surface area contributed by atoms with E-state index in [1.807, 2.05) is 24.2 Å². The molecule has 0 saturated carbocycles. The van der Waals surface area contributed by atoms with Crippen LogP contribution in [0.2, 0.25) is 0 Å². The molecular formula is C13H15F3N2. The first-order valence-electron chi connectivity index (χ1n) is 5.77. The molecule has 1 aromatic rings. The van der Waals surface area contributed by atoms with Crippen LogP contribution >= 0.6 is 0 Å². The normalized spacial score (nSPS) is 20.0. The van der Waals surface area contributed by atoms with Gasteiger partial charge in [0.25, 0.3) is 0 Å². The summed E-state index contributed by atoms with van der Waals surface area (Å²) in [5.74, 6) is 0. The standard InChI is InChI=1S/C13H15F3N2/c1-18-7-5-11(6-8-18)17-12-4-2-3-10(9-12)13(14,15)16/h2-5,7,9,11,17H,6,8H2,1H3. The number of halogens is 3. The second-order valence-electron chi connectivity index (χ2n) is 4.44. The molecule has 1 aliphatic heterocycles. The second kappa shape index (κ2) is 4.92. The topological polar surface area (TPSA) is 15.3 Å². The van der Waals surface area contributed by atoms with Gasteiger partial charge in [0.2, 0.25) is 0 Å². The minimum atomic E-state index is -4.29. The third-order valence-corrected chi connectivity index (χ3v) is 2.91. The highest BCUT2D eigenvalue weighted by atomic mass is 19.4. The van der Waals surface area contributed by atoms with Crippen molar-refractivity contribution in [3.8, 4) is 0 Å². The minimum Gasteiger partial charge on any atom is -0.381 e. The van der Waals surface area contributed by atoms with Crippen molar-refractivity contribution in [3.05, 3.63) is 42.1 Å². The predicted octanol–water partition coefficient (Wildman–Crippen LogP) is 3.34. The van der Waals surface area contributed by atoms with Gasteiger partial charge in [-0.2, -0.15) is 13.2 Å². The van der Waals surface area contributed by atoms with Gasteiger partial charge in [-0.1, -0.05) is 6.07 Å². The van der Waals surface area contributed by atoms with Gasteiger partial charge in [-0.05, 0) is 36.9 Å². The van der Waals surface area contributed by atoms with Gasteiger partial charge in [0, 0.05) is 25.3 Å². The smallest absolute Gasteiger partial charge is 0.381 e. The Labute approximate surface area is 104 Å². The molecule has 1 atom stereocenters. The van der Waals surface area contributed by atoms with Gasteiger partial charge in [-0.25, -0.2) is 0 Å². The van der Waals surface area contributed by atoms with E-state index in [9.17, 15) is 13.2 Å². The van der Waals surface area contributed by atoms with Crippen molar-refractivity contribution >= 4 is 5.69 Å². The molecule has 0 bridgehead atoms. The Hall–Kier alpha value is -1.65. The van der Waals surface area contributed by atoms with Gasteiger partial charge in [-0.3, -0.25) is 0 Å². The SMILES string of the molecule is CN1C=CC(Nc2cccc(C(F)(F)F)c2)CC1. The van der Waals surface area contributed by atoms with Gasteiger partial charge in [-0.15, -0.1) is 0 Å². The van der Waals surface area contributed by atoms with Crippen molar-refractivity contribution in [2.24, 2.45) is 0 Å². The Morgan fingerprint density at radius 3 is 2.72 bits per heavy atom. The first kappa shape index (κ1) is 12.8. The summed E-state index contributed by atoms with van der Waals surface area (Å²) in [6, 6.07) is 5.39. The van der Waals surface area contributed by atoms with Crippen molar-refractivity contribution in [1.82, 2.24) is 4.90 Å². The maximum atomic E-state index is 12.5. The molecule has 1 N–H and O–H groups in total. The van der Waals surface area contributed by atoms with Gasteiger partial charge in [0.1, 0.15) is 0 Å². The lowest BCUT2D eigenvalue weighted by molar-refractivity contribution is -0.137. The monoisotopic (exact) mass is 256 g/mol. The molecule has 2 rings (SSSR count). The predicted molar refractivity (Wildman–Crippen MR) is 65.2 cm³/mol. The van der Waals surface area contributed by atoms with Crippen molar-refractivity contribution in [2.45, 2.75) is 18.6 Å². The summed E-state index contributed by atoms with van der Waals surface area (Å²) in [5, 5.41) is 3.10.